The van der Waals surface area contributed by atoms with Crippen molar-refractivity contribution in [2.24, 2.45) is 0 Å². The maximum absolute atomic E-state index is 12.8. The molecule has 0 unspecified atom stereocenters. The number of nitrogens with zero attached hydrogens (tertiary/aromatic N) is 2. The normalized spacial score (nSPS) is 17.5. The second kappa shape index (κ2) is 6.15. The van der Waals surface area contributed by atoms with Crippen molar-refractivity contribution in [3.63, 3.8) is 0 Å². The molecule has 1 atom stereocenters. The van der Waals surface area contributed by atoms with E-state index in [4.69, 9.17) is 4.74 Å². The van der Waals surface area contributed by atoms with Crippen LogP contribution in [0.25, 0.3) is 0 Å². The molecule has 0 saturated heterocycles. The van der Waals surface area contributed by atoms with Crippen molar-refractivity contribution in [1.82, 2.24) is 15.1 Å². The summed E-state index contributed by atoms with van der Waals surface area (Å²) in [6.45, 7) is 9.14. The number of carbonyl (C=O) groups excluding carboxylic acids is 1. The van der Waals surface area contributed by atoms with Gasteiger partial charge in [-0.15, -0.1) is 0 Å². The molecule has 2 aromatic rings. The van der Waals surface area contributed by atoms with Gasteiger partial charge >= 0.3 is 0 Å². The van der Waals surface area contributed by atoms with Crippen molar-refractivity contribution in [3.05, 3.63) is 46.8 Å². The number of fused-ring (bicyclic) bond motifs is 1. The molecule has 1 aromatic carbocycles. The lowest BCUT2D eigenvalue weighted by molar-refractivity contribution is 0.0933. The first kappa shape index (κ1) is 17.1. The first-order valence-corrected chi connectivity index (χ1v) is 9.50. The highest BCUT2D eigenvalue weighted by Crippen LogP contribution is 2.41. The first-order chi connectivity index (χ1) is 12.3. The number of rotatable bonds is 4. The molecular weight excluding hydrogens is 326 g/mol. The van der Waals surface area contributed by atoms with Crippen molar-refractivity contribution >= 4 is 5.91 Å². The lowest BCUT2D eigenvalue weighted by Crippen LogP contribution is -2.29. The van der Waals surface area contributed by atoms with Crippen molar-refractivity contribution in [1.29, 1.82) is 0 Å². The third-order valence-electron chi connectivity index (χ3n) is 5.16. The summed E-state index contributed by atoms with van der Waals surface area (Å²) in [5.74, 6) is 1.40. The molecule has 5 heteroatoms. The average molecular weight is 353 g/mol. The number of amides is 1. The quantitative estimate of drug-likeness (QED) is 0.906. The van der Waals surface area contributed by atoms with Gasteiger partial charge in [-0.2, -0.15) is 5.10 Å². The van der Waals surface area contributed by atoms with Crippen LogP contribution in [0, 0.1) is 0 Å². The van der Waals surface area contributed by atoms with Gasteiger partial charge in [0.1, 0.15) is 11.4 Å². The standard InChI is InChI=1S/C21H27N3O2/c1-13(15-7-8-19-16(11-15)9-10-26-19)22-20(25)17-12-18(14-5-6-14)24(23-17)21(2,3)4/h7-8,11-14H,5-6,9-10H2,1-4H3,(H,22,25)/t13-/m1/s1. The molecule has 1 aliphatic carbocycles. The number of ether oxygens (including phenoxy) is 1. The highest BCUT2D eigenvalue weighted by molar-refractivity contribution is 5.92. The minimum absolute atomic E-state index is 0.0717. The van der Waals surface area contributed by atoms with E-state index in [1.165, 1.54) is 24.1 Å². The zero-order valence-electron chi connectivity index (χ0n) is 16.0. The number of hydrogen-bond donors (Lipinski definition) is 1. The number of benzene rings is 1. The Morgan fingerprint density at radius 2 is 2.08 bits per heavy atom. The summed E-state index contributed by atoms with van der Waals surface area (Å²) in [5, 5.41) is 7.73. The maximum atomic E-state index is 12.8. The van der Waals surface area contributed by atoms with E-state index in [2.05, 4.69) is 37.3 Å². The molecule has 4 rings (SSSR count). The second-order valence-corrected chi connectivity index (χ2v) is 8.47. The van der Waals surface area contributed by atoms with Gasteiger partial charge in [0.25, 0.3) is 5.91 Å². The van der Waals surface area contributed by atoms with Crippen LogP contribution >= 0.6 is 0 Å². The molecule has 1 aliphatic heterocycles. The van der Waals surface area contributed by atoms with E-state index in [9.17, 15) is 4.79 Å². The molecule has 2 heterocycles. The fraction of sp³-hybridized carbons (Fsp3) is 0.524. The fourth-order valence-corrected chi connectivity index (χ4v) is 3.54. The van der Waals surface area contributed by atoms with Gasteiger partial charge in [-0.05, 0) is 69.9 Å². The topological polar surface area (TPSA) is 56.2 Å². The molecular formula is C21H27N3O2. The Hall–Kier alpha value is -2.30. The lowest BCUT2D eigenvalue weighted by Gasteiger charge is -2.22. The molecule has 138 valence electrons. The van der Waals surface area contributed by atoms with Crippen LogP contribution in [-0.4, -0.2) is 22.3 Å². The minimum atomic E-state index is -0.123. The molecule has 5 nitrogen and oxygen atoms in total. The Labute approximate surface area is 154 Å². The number of carbonyl (C=O) groups is 1. The van der Waals surface area contributed by atoms with E-state index in [0.29, 0.717) is 11.6 Å². The van der Waals surface area contributed by atoms with Gasteiger partial charge in [-0.1, -0.05) is 6.07 Å². The smallest absolute Gasteiger partial charge is 0.272 e. The summed E-state index contributed by atoms with van der Waals surface area (Å²) in [4.78, 5) is 12.8. The zero-order valence-corrected chi connectivity index (χ0v) is 16.0. The van der Waals surface area contributed by atoms with E-state index >= 15 is 0 Å². The first-order valence-electron chi connectivity index (χ1n) is 9.50. The fourth-order valence-electron chi connectivity index (χ4n) is 3.54. The third-order valence-corrected chi connectivity index (χ3v) is 5.16. The van der Waals surface area contributed by atoms with Crippen molar-refractivity contribution in [3.8, 4) is 5.75 Å². The Kier molecular flexibility index (Phi) is 4.05. The van der Waals surface area contributed by atoms with Gasteiger partial charge in [0.05, 0.1) is 18.2 Å². The van der Waals surface area contributed by atoms with E-state index in [1.807, 2.05) is 29.8 Å². The van der Waals surface area contributed by atoms with E-state index in [1.54, 1.807) is 0 Å². The summed E-state index contributed by atoms with van der Waals surface area (Å²) >= 11 is 0. The predicted octanol–water partition coefficient (Wildman–Crippen LogP) is 3.94. The predicted molar refractivity (Wildman–Crippen MR) is 101 cm³/mol. The van der Waals surface area contributed by atoms with Crippen LogP contribution in [0.4, 0.5) is 0 Å². The summed E-state index contributed by atoms with van der Waals surface area (Å²) < 4.78 is 7.58. The molecule has 1 saturated carbocycles. The van der Waals surface area contributed by atoms with Crippen LogP contribution in [0.2, 0.25) is 0 Å². The highest BCUT2D eigenvalue weighted by atomic mass is 16.5. The molecule has 2 aliphatic rings. The lowest BCUT2D eigenvalue weighted by atomic mass is 10.0. The third kappa shape index (κ3) is 3.22. The summed E-state index contributed by atoms with van der Waals surface area (Å²) in [7, 11) is 0. The minimum Gasteiger partial charge on any atom is -0.493 e. The Balaban J connectivity index is 1.53. The van der Waals surface area contributed by atoms with Crippen LogP contribution in [0.3, 0.4) is 0 Å². The van der Waals surface area contributed by atoms with Gasteiger partial charge in [0.2, 0.25) is 0 Å². The number of nitrogens with one attached hydrogen (secondary N) is 1. The van der Waals surface area contributed by atoms with E-state index < -0.39 is 0 Å². The molecule has 1 fully saturated rings. The SMILES string of the molecule is C[C@@H](NC(=O)c1cc(C2CC2)n(C(C)(C)C)n1)c1ccc2c(c1)CCO2. The van der Waals surface area contributed by atoms with Crippen LogP contribution in [0.5, 0.6) is 5.75 Å². The summed E-state index contributed by atoms with van der Waals surface area (Å²) in [5.41, 5.74) is 3.89. The molecule has 1 amide bonds. The van der Waals surface area contributed by atoms with Crippen LogP contribution in [0.15, 0.2) is 24.3 Å². The van der Waals surface area contributed by atoms with Gasteiger partial charge in [-0.3, -0.25) is 9.48 Å². The van der Waals surface area contributed by atoms with Gasteiger partial charge in [0, 0.05) is 18.0 Å². The Morgan fingerprint density at radius 3 is 2.77 bits per heavy atom. The summed E-state index contributed by atoms with van der Waals surface area (Å²) in [6.07, 6.45) is 3.32. The van der Waals surface area contributed by atoms with E-state index in [-0.39, 0.29) is 17.5 Å². The molecule has 1 aromatic heterocycles. The molecule has 0 bridgehead atoms. The molecule has 26 heavy (non-hydrogen) atoms. The molecule has 0 radical (unpaired) electrons. The average Bonchev–Trinajstić information content (AvgIpc) is 3.15. The van der Waals surface area contributed by atoms with Gasteiger partial charge < -0.3 is 10.1 Å². The van der Waals surface area contributed by atoms with Crippen molar-refractivity contribution in [2.45, 2.75) is 64.5 Å². The van der Waals surface area contributed by atoms with Crippen LogP contribution < -0.4 is 10.1 Å². The van der Waals surface area contributed by atoms with Crippen molar-refractivity contribution in [2.75, 3.05) is 6.61 Å². The van der Waals surface area contributed by atoms with Gasteiger partial charge in [0.15, 0.2) is 0 Å². The summed E-state index contributed by atoms with van der Waals surface area (Å²) in [6, 6.07) is 8.06. The monoisotopic (exact) mass is 353 g/mol. The number of aromatic nitrogens is 2. The van der Waals surface area contributed by atoms with E-state index in [0.717, 1.165) is 24.3 Å². The van der Waals surface area contributed by atoms with Gasteiger partial charge in [-0.25, -0.2) is 0 Å². The maximum Gasteiger partial charge on any atom is 0.272 e. The van der Waals surface area contributed by atoms with Crippen molar-refractivity contribution < 1.29 is 9.53 Å². The Bertz CT molecular complexity index is 843. The highest BCUT2D eigenvalue weighted by Gasteiger charge is 2.32. The molecule has 1 N–H and O–H groups in total. The molecule has 0 spiro atoms. The largest absolute Gasteiger partial charge is 0.493 e. The second-order valence-electron chi connectivity index (χ2n) is 8.47. The number of hydrogen-bond acceptors (Lipinski definition) is 3. The Morgan fingerprint density at radius 1 is 1.31 bits per heavy atom. The van der Waals surface area contributed by atoms with Crippen LogP contribution in [0.1, 0.15) is 79.8 Å². The van der Waals surface area contributed by atoms with Crippen LogP contribution in [-0.2, 0) is 12.0 Å². The zero-order chi connectivity index (χ0) is 18.5.